The van der Waals surface area contributed by atoms with Gasteiger partial charge in [0.25, 0.3) is 0 Å². The van der Waals surface area contributed by atoms with Gasteiger partial charge < -0.3 is 25.2 Å². The van der Waals surface area contributed by atoms with Crippen molar-refractivity contribution in [3.05, 3.63) is 97.6 Å². The van der Waals surface area contributed by atoms with Crippen molar-refractivity contribution in [3.63, 3.8) is 0 Å². The Labute approximate surface area is 308 Å². The van der Waals surface area contributed by atoms with Crippen molar-refractivity contribution in [2.24, 2.45) is 0 Å². The molecule has 0 aliphatic carbocycles. The molecule has 8 nitrogen and oxygen atoms in total. The zero-order valence-corrected chi connectivity index (χ0v) is 31.0. The highest BCUT2D eigenvalue weighted by atomic mass is 79.9. The SMILES string of the molecule is CCOC(=O)C[C@H](NC(=O)C(N/C=C(/CCN1CC(F)C1)CC(F)OC)c1cc(Br)cc(Cl)c1F)c1cc(-c2c(C)cccc2O)cc(C)c1F. The number of aromatic hydroxyl groups is 1. The molecule has 276 valence electrons. The lowest BCUT2D eigenvalue weighted by Gasteiger charge is -2.34. The molecular formula is C37H41BrClF4N3O5. The molecular weight excluding hydrogens is 758 g/mol. The number of amides is 1. The first kappa shape index (κ1) is 40.1. The van der Waals surface area contributed by atoms with E-state index in [4.69, 9.17) is 21.1 Å². The first-order valence-corrected chi connectivity index (χ1v) is 17.6. The zero-order valence-electron chi connectivity index (χ0n) is 28.7. The van der Waals surface area contributed by atoms with Gasteiger partial charge >= 0.3 is 5.97 Å². The number of hydrogen-bond donors (Lipinski definition) is 3. The van der Waals surface area contributed by atoms with Crippen molar-refractivity contribution in [3.8, 4) is 16.9 Å². The molecule has 1 fully saturated rings. The van der Waals surface area contributed by atoms with E-state index in [1.165, 1.54) is 44.5 Å². The van der Waals surface area contributed by atoms with Crippen LogP contribution in [0.1, 0.15) is 60.5 Å². The summed E-state index contributed by atoms with van der Waals surface area (Å²) in [5.41, 5.74) is 1.96. The molecule has 3 N–H and O–H groups in total. The molecule has 1 amide bonds. The minimum absolute atomic E-state index is 0.0259. The van der Waals surface area contributed by atoms with E-state index in [2.05, 4.69) is 26.6 Å². The second-order valence-electron chi connectivity index (χ2n) is 12.4. The van der Waals surface area contributed by atoms with Gasteiger partial charge in [0, 0.05) is 54.3 Å². The number of ether oxygens (including phenoxy) is 2. The Balaban J connectivity index is 1.77. The number of rotatable bonds is 16. The minimum Gasteiger partial charge on any atom is -0.507 e. The molecule has 1 aliphatic rings. The monoisotopic (exact) mass is 797 g/mol. The van der Waals surface area contributed by atoms with Crippen LogP contribution in [-0.2, 0) is 19.1 Å². The van der Waals surface area contributed by atoms with Crippen LogP contribution in [0.2, 0.25) is 5.02 Å². The number of aryl methyl sites for hydroxylation is 2. The van der Waals surface area contributed by atoms with Crippen molar-refractivity contribution in [1.29, 1.82) is 0 Å². The minimum atomic E-state index is -1.69. The van der Waals surface area contributed by atoms with Crippen LogP contribution < -0.4 is 10.6 Å². The molecule has 0 aromatic heterocycles. The maximum atomic E-state index is 16.0. The smallest absolute Gasteiger partial charge is 0.308 e. The quantitative estimate of drug-likeness (QED) is 0.0766. The highest BCUT2D eigenvalue weighted by Gasteiger charge is 2.31. The summed E-state index contributed by atoms with van der Waals surface area (Å²) in [6.45, 7) is 5.83. The molecule has 1 saturated heterocycles. The van der Waals surface area contributed by atoms with E-state index in [0.29, 0.717) is 33.3 Å². The van der Waals surface area contributed by atoms with E-state index in [1.807, 2.05) is 4.90 Å². The number of carbonyl (C=O) groups excluding carboxylic acids is 2. The molecule has 0 saturated carbocycles. The predicted molar refractivity (Wildman–Crippen MR) is 191 cm³/mol. The van der Waals surface area contributed by atoms with Crippen LogP contribution in [0.5, 0.6) is 5.75 Å². The fourth-order valence-corrected chi connectivity index (χ4v) is 6.74. The van der Waals surface area contributed by atoms with Crippen LogP contribution in [0, 0.1) is 25.5 Å². The number of phenols is 1. The van der Waals surface area contributed by atoms with Crippen molar-refractivity contribution in [1.82, 2.24) is 15.5 Å². The number of alkyl halides is 2. The van der Waals surface area contributed by atoms with Crippen molar-refractivity contribution in [2.45, 2.75) is 64.6 Å². The Bertz CT molecular complexity index is 1740. The van der Waals surface area contributed by atoms with Gasteiger partial charge in [-0.3, -0.25) is 14.5 Å². The molecule has 3 atom stereocenters. The third-order valence-electron chi connectivity index (χ3n) is 8.58. The number of methoxy groups -OCH3 is 1. The number of esters is 1. The van der Waals surface area contributed by atoms with Crippen LogP contribution in [-0.4, -0.2) is 67.8 Å². The van der Waals surface area contributed by atoms with E-state index in [0.717, 1.165) is 0 Å². The number of nitrogens with one attached hydrogen (secondary N) is 2. The summed E-state index contributed by atoms with van der Waals surface area (Å²) < 4.78 is 69.8. The number of likely N-dealkylation sites (tertiary alicyclic amines) is 1. The topological polar surface area (TPSA) is 100 Å². The largest absolute Gasteiger partial charge is 0.507 e. The van der Waals surface area contributed by atoms with E-state index < -0.39 is 54.5 Å². The van der Waals surface area contributed by atoms with Gasteiger partial charge in [-0.25, -0.2) is 17.6 Å². The number of phenolic OH excluding ortho intramolecular Hbond substituents is 1. The first-order chi connectivity index (χ1) is 24.2. The summed E-state index contributed by atoms with van der Waals surface area (Å²) in [6.07, 6.45) is -1.64. The molecule has 0 radical (unpaired) electrons. The Morgan fingerprint density at radius 3 is 2.47 bits per heavy atom. The fourth-order valence-electron chi connectivity index (χ4n) is 5.91. The zero-order chi connectivity index (χ0) is 37.4. The van der Waals surface area contributed by atoms with Gasteiger partial charge in [-0.1, -0.05) is 39.7 Å². The van der Waals surface area contributed by atoms with Crippen LogP contribution in [0.25, 0.3) is 11.1 Å². The molecule has 1 aliphatic heterocycles. The highest BCUT2D eigenvalue weighted by Crippen LogP contribution is 2.37. The molecule has 2 unspecified atom stereocenters. The summed E-state index contributed by atoms with van der Waals surface area (Å²) >= 11 is 9.45. The van der Waals surface area contributed by atoms with Crippen molar-refractivity contribution >= 4 is 39.4 Å². The number of benzene rings is 3. The molecule has 3 aromatic carbocycles. The number of hydrogen-bond acceptors (Lipinski definition) is 7. The lowest BCUT2D eigenvalue weighted by atomic mass is 9.92. The Kier molecular flexibility index (Phi) is 14.3. The van der Waals surface area contributed by atoms with Gasteiger partial charge in [0.05, 0.1) is 24.1 Å². The van der Waals surface area contributed by atoms with Crippen LogP contribution >= 0.6 is 27.5 Å². The molecule has 14 heteroatoms. The predicted octanol–water partition coefficient (Wildman–Crippen LogP) is 8.07. The maximum Gasteiger partial charge on any atom is 0.308 e. The van der Waals surface area contributed by atoms with E-state index in [9.17, 15) is 23.5 Å². The molecule has 1 heterocycles. The fraction of sp³-hybridized carbons (Fsp3) is 0.405. The van der Waals surface area contributed by atoms with Crippen molar-refractivity contribution in [2.75, 3.05) is 33.4 Å². The number of nitrogens with zero attached hydrogens (tertiary/aromatic N) is 1. The van der Waals surface area contributed by atoms with Gasteiger partial charge in [0.1, 0.15) is 29.6 Å². The van der Waals surface area contributed by atoms with Crippen LogP contribution in [0.4, 0.5) is 17.6 Å². The Morgan fingerprint density at radius 2 is 1.82 bits per heavy atom. The second-order valence-corrected chi connectivity index (χ2v) is 13.7. The summed E-state index contributed by atoms with van der Waals surface area (Å²) in [5.74, 6) is -3.28. The molecule has 4 rings (SSSR count). The Morgan fingerprint density at radius 1 is 1.10 bits per heavy atom. The van der Waals surface area contributed by atoms with Gasteiger partial charge in [0.2, 0.25) is 12.3 Å². The average molecular weight is 799 g/mol. The summed E-state index contributed by atoms with van der Waals surface area (Å²) in [7, 11) is 1.20. The summed E-state index contributed by atoms with van der Waals surface area (Å²) in [4.78, 5) is 29.0. The van der Waals surface area contributed by atoms with Crippen molar-refractivity contribution < 1.29 is 41.7 Å². The van der Waals surface area contributed by atoms with Crippen LogP contribution in [0.3, 0.4) is 0 Å². The molecule has 51 heavy (non-hydrogen) atoms. The van der Waals surface area contributed by atoms with Crippen LogP contribution in [0.15, 0.2) is 58.7 Å². The number of halogens is 6. The van der Waals surface area contributed by atoms with Gasteiger partial charge in [-0.15, -0.1) is 0 Å². The summed E-state index contributed by atoms with van der Waals surface area (Å²) in [6, 6.07) is 7.74. The average Bonchev–Trinajstić information content (AvgIpc) is 3.05. The van der Waals surface area contributed by atoms with Gasteiger partial charge in [-0.2, -0.15) is 0 Å². The Hall–Kier alpha value is -3.65. The molecule has 3 aromatic rings. The first-order valence-electron chi connectivity index (χ1n) is 16.4. The third kappa shape index (κ3) is 10.5. The lowest BCUT2D eigenvalue weighted by molar-refractivity contribution is -0.143. The highest BCUT2D eigenvalue weighted by molar-refractivity contribution is 9.10. The normalized spacial score (nSPS) is 15.5. The van der Waals surface area contributed by atoms with E-state index >= 15 is 8.78 Å². The third-order valence-corrected chi connectivity index (χ3v) is 9.31. The molecule has 0 bridgehead atoms. The second kappa shape index (κ2) is 18.2. The lowest BCUT2D eigenvalue weighted by Crippen LogP contribution is -2.48. The summed E-state index contributed by atoms with van der Waals surface area (Å²) in [5, 5.41) is 16.0. The maximum absolute atomic E-state index is 16.0. The van der Waals surface area contributed by atoms with Gasteiger partial charge in [-0.05, 0) is 86.0 Å². The standard InChI is InChI=1S/C37H41BrClF4N3O5/c1-5-51-32(48)16-29(26-13-23(11-21(3)34(26)42)33-20(2)7-6-8-30(33)47)45-37(49)36(27-14-24(38)15-28(39)35(27)43)44-17-22(12-31(41)50-4)9-10-46-18-25(40)19-46/h6-8,11,13-15,17,25,29,31,36,44,47H,5,9-10,12,16,18-19H2,1-4H3,(H,45,49)/b22-17-/t29-,31?,36?/m0/s1. The van der Waals surface area contributed by atoms with E-state index in [1.54, 1.807) is 32.0 Å². The van der Waals surface area contributed by atoms with Gasteiger partial charge in [0.15, 0.2) is 0 Å². The molecule has 0 spiro atoms. The number of carbonyl (C=O) groups is 2. The van der Waals surface area contributed by atoms with E-state index in [-0.39, 0.29) is 60.0 Å².